The van der Waals surface area contributed by atoms with Gasteiger partial charge in [0.2, 0.25) is 0 Å². The topological polar surface area (TPSA) is 42.7 Å². The highest BCUT2D eigenvalue weighted by Crippen LogP contribution is 2.27. The van der Waals surface area contributed by atoms with Crippen LogP contribution < -0.4 is 5.32 Å². The Bertz CT molecular complexity index is 570. The van der Waals surface area contributed by atoms with Gasteiger partial charge in [0.05, 0.1) is 0 Å². The second kappa shape index (κ2) is 7.51. The molecule has 0 aliphatic carbocycles. The SMILES string of the molecule is CCCn1ncnc1CC(NC)c1cc(I)ccc1Br. The van der Waals surface area contributed by atoms with E-state index in [1.165, 1.54) is 9.13 Å². The van der Waals surface area contributed by atoms with Crippen LogP contribution in [-0.2, 0) is 13.0 Å². The van der Waals surface area contributed by atoms with Crippen LogP contribution in [0.1, 0.15) is 30.8 Å². The Morgan fingerprint density at radius 3 is 2.95 bits per heavy atom. The first-order chi connectivity index (χ1) is 9.65. The van der Waals surface area contributed by atoms with E-state index in [0.717, 1.165) is 29.7 Å². The Hall–Kier alpha value is -0.470. The molecule has 1 unspecified atom stereocenters. The largest absolute Gasteiger partial charge is 0.313 e. The molecule has 2 rings (SSSR count). The van der Waals surface area contributed by atoms with Crippen molar-refractivity contribution in [2.45, 2.75) is 32.4 Å². The number of nitrogens with one attached hydrogen (secondary N) is 1. The summed E-state index contributed by atoms with van der Waals surface area (Å²) in [6.07, 6.45) is 3.53. The van der Waals surface area contributed by atoms with Gasteiger partial charge in [0.25, 0.3) is 0 Å². The zero-order valence-electron chi connectivity index (χ0n) is 11.6. The molecule has 0 fully saturated rings. The van der Waals surface area contributed by atoms with E-state index in [2.05, 4.69) is 79.0 Å². The minimum Gasteiger partial charge on any atom is -0.313 e. The second-order valence-electron chi connectivity index (χ2n) is 4.61. The van der Waals surface area contributed by atoms with Gasteiger partial charge >= 0.3 is 0 Å². The maximum absolute atomic E-state index is 4.39. The Morgan fingerprint density at radius 1 is 1.45 bits per heavy atom. The highest BCUT2D eigenvalue weighted by Gasteiger charge is 2.17. The van der Waals surface area contributed by atoms with E-state index in [-0.39, 0.29) is 6.04 Å². The summed E-state index contributed by atoms with van der Waals surface area (Å²) in [5.74, 6) is 1.02. The normalized spacial score (nSPS) is 12.6. The van der Waals surface area contributed by atoms with Crippen LogP contribution in [0.25, 0.3) is 0 Å². The summed E-state index contributed by atoms with van der Waals surface area (Å²) in [5.41, 5.74) is 1.26. The van der Waals surface area contributed by atoms with Crippen molar-refractivity contribution in [2.24, 2.45) is 0 Å². The van der Waals surface area contributed by atoms with E-state index >= 15 is 0 Å². The molecule has 1 aromatic heterocycles. The van der Waals surface area contributed by atoms with Crippen molar-refractivity contribution in [2.75, 3.05) is 7.05 Å². The molecule has 0 aliphatic heterocycles. The van der Waals surface area contributed by atoms with Crippen LogP contribution in [0, 0.1) is 3.57 Å². The Labute approximate surface area is 141 Å². The van der Waals surface area contributed by atoms with E-state index in [1.807, 2.05) is 11.7 Å². The fourth-order valence-corrected chi connectivity index (χ4v) is 3.21. The summed E-state index contributed by atoms with van der Waals surface area (Å²) in [7, 11) is 1.98. The molecule has 6 heteroatoms. The number of nitrogens with zero attached hydrogens (tertiary/aromatic N) is 3. The van der Waals surface area contributed by atoms with Gasteiger partial charge in [-0.3, -0.25) is 4.68 Å². The quantitative estimate of drug-likeness (QED) is 0.687. The molecule has 20 heavy (non-hydrogen) atoms. The zero-order chi connectivity index (χ0) is 14.5. The average molecular weight is 449 g/mol. The van der Waals surface area contributed by atoms with Gasteiger partial charge in [-0.2, -0.15) is 5.10 Å². The van der Waals surface area contributed by atoms with E-state index < -0.39 is 0 Å². The minimum absolute atomic E-state index is 0.221. The first-order valence-electron chi connectivity index (χ1n) is 6.64. The lowest BCUT2D eigenvalue weighted by molar-refractivity contribution is 0.516. The van der Waals surface area contributed by atoms with Crippen LogP contribution in [0.4, 0.5) is 0 Å². The van der Waals surface area contributed by atoms with Crippen LogP contribution in [0.3, 0.4) is 0 Å². The maximum Gasteiger partial charge on any atom is 0.138 e. The van der Waals surface area contributed by atoms with Gasteiger partial charge in [-0.1, -0.05) is 22.9 Å². The van der Waals surface area contributed by atoms with Gasteiger partial charge in [-0.05, 0) is 59.8 Å². The fourth-order valence-electron chi connectivity index (χ4n) is 2.18. The molecule has 4 nitrogen and oxygen atoms in total. The van der Waals surface area contributed by atoms with Gasteiger partial charge in [0.1, 0.15) is 12.2 Å². The number of hydrogen-bond donors (Lipinski definition) is 1. The summed E-state index contributed by atoms with van der Waals surface area (Å²) in [6, 6.07) is 6.62. The molecule has 0 aliphatic rings. The lowest BCUT2D eigenvalue weighted by atomic mass is 10.0. The standard InChI is InChI=1S/C14H18BrIN4/c1-3-6-20-14(18-9-19-20)8-13(17-2)11-7-10(16)4-5-12(11)15/h4-5,7,9,13,17H,3,6,8H2,1-2H3. The van der Waals surface area contributed by atoms with Crippen molar-refractivity contribution in [1.82, 2.24) is 20.1 Å². The monoisotopic (exact) mass is 448 g/mol. The number of aromatic nitrogens is 3. The first-order valence-corrected chi connectivity index (χ1v) is 8.51. The average Bonchev–Trinajstić information content (AvgIpc) is 2.87. The summed E-state index contributed by atoms with van der Waals surface area (Å²) < 4.78 is 4.35. The van der Waals surface area contributed by atoms with Crippen molar-refractivity contribution < 1.29 is 0 Å². The number of likely N-dealkylation sites (N-methyl/N-ethyl adjacent to an activating group) is 1. The molecule has 108 valence electrons. The van der Waals surface area contributed by atoms with Crippen LogP contribution >= 0.6 is 38.5 Å². The van der Waals surface area contributed by atoms with Gasteiger partial charge in [-0.15, -0.1) is 0 Å². The lowest BCUT2D eigenvalue weighted by Crippen LogP contribution is -2.21. The third-order valence-corrected chi connectivity index (χ3v) is 4.59. The van der Waals surface area contributed by atoms with Gasteiger partial charge in [-0.25, -0.2) is 4.98 Å². The van der Waals surface area contributed by atoms with Crippen molar-refractivity contribution in [1.29, 1.82) is 0 Å². The maximum atomic E-state index is 4.39. The van der Waals surface area contributed by atoms with E-state index in [4.69, 9.17) is 0 Å². The Balaban J connectivity index is 2.24. The Morgan fingerprint density at radius 2 is 2.25 bits per heavy atom. The van der Waals surface area contributed by atoms with Gasteiger partial charge in [0.15, 0.2) is 0 Å². The Kier molecular flexibility index (Phi) is 5.98. The van der Waals surface area contributed by atoms with Crippen LogP contribution in [0.15, 0.2) is 29.0 Å². The predicted molar refractivity (Wildman–Crippen MR) is 92.7 cm³/mol. The van der Waals surface area contributed by atoms with E-state index in [0.29, 0.717) is 0 Å². The molecule has 1 aromatic carbocycles. The van der Waals surface area contributed by atoms with Gasteiger partial charge in [0, 0.05) is 27.1 Å². The minimum atomic E-state index is 0.221. The first kappa shape index (κ1) is 15.9. The molecular weight excluding hydrogens is 431 g/mol. The summed E-state index contributed by atoms with van der Waals surface area (Å²) >= 11 is 5.98. The molecule has 0 saturated heterocycles. The highest BCUT2D eigenvalue weighted by molar-refractivity contribution is 14.1. The van der Waals surface area contributed by atoms with Crippen molar-refractivity contribution in [3.63, 3.8) is 0 Å². The predicted octanol–water partition coefficient (Wildman–Crippen LogP) is 3.56. The number of halogens is 2. The third-order valence-electron chi connectivity index (χ3n) is 3.20. The molecule has 0 spiro atoms. The molecule has 1 heterocycles. The molecule has 1 N–H and O–H groups in total. The van der Waals surface area contributed by atoms with Crippen molar-refractivity contribution in [3.8, 4) is 0 Å². The lowest BCUT2D eigenvalue weighted by Gasteiger charge is -2.18. The third kappa shape index (κ3) is 3.79. The highest BCUT2D eigenvalue weighted by atomic mass is 127. The fraction of sp³-hybridized carbons (Fsp3) is 0.429. The second-order valence-corrected chi connectivity index (χ2v) is 6.71. The molecule has 1 atom stereocenters. The van der Waals surface area contributed by atoms with Crippen LogP contribution in [-0.4, -0.2) is 21.8 Å². The molecule has 0 saturated carbocycles. The molecule has 0 bridgehead atoms. The molecule has 0 radical (unpaired) electrons. The number of aryl methyl sites for hydroxylation is 1. The van der Waals surface area contributed by atoms with Gasteiger partial charge < -0.3 is 5.32 Å². The smallest absolute Gasteiger partial charge is 0.138 e. The zero-order valence-corrected chi connectivity index (χ0v) is 15.3. The van der Waals surface area contributed by atoms with E-state index in [9.17, 15) is 0 Å². The molecule has 2 aromatic rings. The summed E-state index contributed by atoms with van der Waals surface area (Å²) in [5, 5.41) is 7.67. The summed E-state index contributed by atoms with van der Waals surface area (Å²) in [4.78, 5) is 4.39. The van der Waals surface area contributed by atoms with Crippen molar-refractivity contribution >= 4 is 38.5 Å². The number of benzene rings is 1. The number of rotatable bonds is 6. The van der Waals surface area contributed by atoms with Crippen molar-refractivity contribution in [3.05, 3.63) is 44.0 Å². The van der Waals surface area contributed by atoms with E-state index in [1.54, 1.807) is 6.33 Å². The number of hydrogen-bond acceptors (Lipinski definition) is 3. The van der Waals surface area contributed by atoms with Crippen LogP contribution in [0.2, 0.25) is 0 Å². The van der Waals surface area contributed by atoms with Crippen LogP contribution in [0.5, 0.6) is 0 Å². The molecule has 0 amide bonds. The molecular formula is C14H18BrIN4. The summed E-state index contributed by atoms with van der Waals surface area (Å²) in [6.45, 7) is 3.07.